The fraction of sp³-hybridized carbons (Fsp3) is 0.833. The molecule has 4 aliphatic carbocycles. The standard InChI is InChI=1S/C24H29F3O4S/c1-20-6-3-14(28)9-13(20)10-16(32-12-23(25,26)27)19-15-4-7-22(8-5-18(29)31-22)21(15,2)11-17-24(19,20)30-17/h9,15-17,19H,3-8,10-12H2,1-2H3/t15?,16-,17+,19?,20+,21+,22-,24-/m1/s1. The number of carbonyl (C=O) groups is 2. The second kappa shape index (κ2) is 6.35. The molecule has 0 aromatic rings. The molecular formula is C24H29F3O4S. The van der Waals surface area contributed by atoms with Crippen LogP contribution in [0, 0.1) is 22.7 Å². The zero-order valence-corrected chi connectivity index (χ0v) is 19.2. The van der Waals surface area contributed by atoms with Crippen LogP contribution in [0.5, 0.6) is 0 Å². The summed E-state index contributed by atoms with van der Waals surface area (Å²) in [5, 5.41) is -0.260. The maximum Gasteiger partial charge on any atom is 0.397 e. The maximum atomic E-state index is 13.3. The van der Waals surface area contributed by atoms with E-state index in [1.54, 1.807) is 6.08 Å². The number of hydrogen-bond donors (Lipinski definition) is 0. The SMILES string of the molecule is C[C@]12CCC(=O)C=C1C[C@@H](SCC(F)(F)F)C1C3CC[C@@]4(CCC(=O)O4)[C@@]3(C)C[C@@H]3O[C@@]132. The number of hydrogen-bond acceptors (Lipinski definition) is 5. The molecule has 0 N–H and O–H groups in total. The van der Waals surface area contributed by atoms with Gasteiger partial charge in [0.1, 0.15) is 11.2 Å². The first-order valence-electron chi connectivity index (χ1n) is 11.8. The molecule has 32 heavy (non-hydrogen) atoms. The lowest BCUT2D eigenvalue weighted by Gasteiger charge is -2.59. The third kappa shape index (κ3) is 2.57. The van der Waals surface area contributed by atoms with Crippen LogP contribution < -0.4 is 0 Å². The summed E-state index contributed by atoms with van der Waals surface area (Å²) in [6.07, 6.45) is 2.60. The van der Waals surface area contributed by atoms with Crippen LogP contribution in [0.25, 0.3) is 0 Å². The van der Waals surface area contributed by atoms with Gasteiger partial charge >= 0.3 is 12.1 Å². The number of ether oxygens (including phenoxy) is 2. The molecule has 176 valence electrons. The first-order valence-corrected chi connectivity index (χ1v) is 12.8. The van der Waals surface area contributed by atoms with Gasteiger partial charge in [0.25, 0.3) is 0 Å². The average molecular weight is 471 g/mol. The second-order valence-electron chi connectivity index (χ2n) is 11.3. The smallest absolute Gasteiger partial charge is 0.397 e. The molecule has 2 heterocycles. The monoisotopic (exact) mass is 470 g/mol. The Bertz CT molecular complexity index is 933. The molecule has 0 aromatic heterocycles. The van der Waals surface area contributed by atoms with Gasteiger partial charge in [-0.25, -0.2) is 0 Å². The van der Waals surface area contributed by atoms with Crippen LogP contribution >= 0.6 is 11.8 Å². The van der Waals surface area contributed by atoms with Crippen LogP contribution in [0.4, 0.5) is 13.2 Å². The highest BCUT2D eigenvalue weighted by atomic mass is 32.2. The number of thioether (sulfide) groups is 1. The lowest BCUT2D eigenvalue weighted by Crippen LogP contribution is -2.63. The van der Waals surface area contributed by atoms with Gasteiger partial charge < -0.3 is 9.47 Å². The molecule has 2 unspecified atom stereocenters. The molecular weight excluding hydrogens is 441 g/mol. The highest BCUT2D eigenvalue weighted by molar-refractivity contribution is 8.00. The van der Waals surface area contributed by atoms with E-state index in [2.05, 4.69) is 13.8 Å². The Hall–Kier alpha value is -1.02. The number of alkyl halides is 3. The highest BCUT2D eigenvalue weighted by Crippen LogP contribution is 2.78. The Kier molecular flexibility index (Phi) is 4.27. The summed E-state index contributed by atoms with van der Waals surface area (Å²) in [5.41, 5.74) is -0.621. The van der Waals surface area contributed by atoms with Crippen molar-refractivity contribution in [3.63, 3.8) is 0 Å². The van der Waals surface area contributed by atoms with Gasteiger partial charge in [-0.2, -0.15) is 13.2 Å². The molecule has 4 nitrogen and oxygen atoms in total. The minimum Gasteiger partial charge on any atom is -0.458 e. The first kappa shape index (κ1) is 21.5. The van der Waals surface area contributed by atoms with Gasteiger partial charge in [0, 0.05) is 34.8 Å². The Morgan fingerprint density at radius 3 is 2.62 bits per heavy atom. The number of ketones is 1. The van der Waals surface area contributed by atoms with Crippen LogP contribution in [-0.2, 0) is 19.1 Å². The molecule has 8 atom stereocenters. The van der Waals surface area contributed by atoms with E-state index in [0.29, 0.717) is 32.1 Å². The number of epoxide rings is 1. The van der Waals surface area contributed by atoms with Crippen LogP contribution in [-0.4, -0.2) is 46.2 Å². The van der Waals surface area contributed by atoms with Gasteiger partial charge in [0.15, 0.2) is 5.78 Å². The van der Waals surface area contributed by atoms with E-state index >= 15 is 0 Å². The molecule has 2 saturated heterocycles. The molecule has 2 aliphatic heterocycles. The van der Waals surface area contributed by atoms with Crippen molar-refractivity contribution < 1.29 is 32.2 Å². The molecule has 3 saturated carbocycles. The first-order chi connectivity index (χ1) is 14.9. The van der Waals surface area contributed by atoms with Gasteiger partial charge in [-0.15, -0.1) is 11.8 Å². The van der Waals surface area contributed by atoms with Crippen molar-refractivity contribution in [3.8, 4) is 0 Å². The van der Waals surface area contributed by atoms with E-state index in [4.69, 9.17) is 9.47 Å². The third-order valence-corrected chi connectivity index (χ3v) is 11.5. The number of fused-ring (bicyclic) bond motifs is 4. The van der Waals surface area contributed by atoms with Crippen LogP contribution in [0.2, 0.25) is 0 Å². The summed E-state index contributed by atoms with van der Waals surface area (Å²) in [6, 6.07) is 0. The topological polar surface area (TPSA) is 55.9 Å². The minimum absolute atomic E-state index is 0.0346. The predicted octanol–water partition coefficient (Wildman–Crippen LogP) is 5.00. The summed E-state index contributed by atoms with van der Waals surface area (Å²) in [6.45, 7) is 4.37. The molecule has 6 aliphatic rings. The van der Waals surface area contributed by atoms with Crippen molar-refractivity contribution in [2.24, 2.45) is 22.7 Å². The summed E-state index contributed by atoms with van der Waals surface area (Å²) in [7, 11) is 0. The van der Waals surface area contributed by atoms with Gasteiger partial charge in [-0.3, -0.25) is 9.59 Å². The van der Waals surface area contributed by atoms with Gasteiger partial charge in [-0.05, 0) is 50.5 Å². The van der Waals surface area contributed by atoms with Gasteiger partial charge in [0.05, 0.1) is 11.9 Å². The largest absolute Gasteiger partial charge is 0.458 e. The van der Waals surface area contributed by atoms with Crippen molar-refractivity contribution in [1.82, 2.24) is 0 Å². The van der Waals surface area contributed by atoms with Gasteiger partial charge in [-0.1, -0.05) is 19.4 Å². The fourth-order valence-corrected chi connectivity index (χ4v) is 9.90. The molecule has 0 aromatic carbocycles. The van der Waals surface area contributed by atoms with E-state index in [1.807, 2.05) is 0 Å². The predicted molar refractivity (Wildman–Crippen MR) is 112 cm³/mol. The second-order valence-corrected chi connectivity index (χ2v) is 12.5. The quantitative estimate of drug-likeness (QED) is 0.420. The van der Waals surface area contributed by atoms with Crippen molar-refractivity contribution in [1.29, 1.82) is 0 Å². The molecule has 0 bridgehead atoms. The third-order valence-electron chi connectivity index (χ3n) is 10.1. The van der Waals surface area contributed by atoms with Crippen LogP contribution in [0.15, 0.2) is 11.6 Å². The molecule has 6 rings (SSSR count). The zero-order chi connectivity index (χ0) is 22.7. The fourth-order valence-electron chi connectivity index (χ4n) is 8.60. The summed E-state index contributed by atoms with van der Waals surface area (Å²) >= 11 is 0.985. The van der Waals surface area contributed by atoms with E-state index in [9.17, 15) is 22.8 Å². The highest BCUT2D eigenvalue weighted by Gasteiger charge is 2.83. The number of halogens is 3. The normalized spacial score (nSPS) is 51.5. The van der Waals surface area contributed by atoms with Crippen molar-refractivity contribution in [2.45, 2.75) is 93.9 Å². The summed E-state index contributed by atoms with van der Waals surface area (Å²) < 4.78 is 52.3. The van der Waals surface area contributed by atoms with E-state index in [-0.39, 0.29) is 45.8 Å². The zero-order valence-electron chi connectivity index (χ0n) is 18.4. The molecule has 0 radical (unpaired) electrons. The Morgan fingerprint density at radius 1 is 1.16 bits per heavy atom. The Balaban J connectivity index is 1.43. The number of rotatable bonds is 2. The summed E-state index contributed by atoms with van der Waals surface area (Å²) in [5.74, 6) is -0.866. The molecule has 5 fully saturated rings. The molecule has 0 amide bonds. The van der Waals surface area contributed by atoms with Crippen molar-refractivity contribution in [3.05, 3.63) is 11.6 Å². The van der Waals surface area contributed by atoms with Crippen molar-refractivity contribution >= 4 is 23.5 Å². The van der Waals surface area contributed by atoms with Crippen molar-refractivity contribution in [2.75, 3.05) is 5.75 Å². The number of carbonyl (C=O) groups excluding carboxylic acids is 2. The Labute approximate surface area is 190 Å². The lowest BCUT2D eigenvalue weighted by atomic mass is 9.46. The molecule has 8 heteroatoms. The maximum absolute atomic E-state index is 13.3. The van der Waals surface area contributed by atoms with E-state index in [0.717, 1.165) is 36.6 Å². The summed E-state index contributed by atoms with van der Waals surface area (Å²) in [4.78, 5) is 24.4. The van der Waals surface area contributed by atoms with Crippen LogP contribution in [0.3, 0.4) is 0 Å². The lowest BCUT2D eigenvalue weighted by molar-refractivity contribution is -0.164. The van der Waals surface area contributed by atoms with Crippen LogP contribution in [0.1, 0.15) is 65.2 Å². The minimum atomic E-state index is -4.24. The van der Waals surface area contributed by atoms with E-state index < -0.39 is 23.1 Å². The Morgan fingerprint density at radius 2 is 1.94 bits per heavy atom. The number of esters is 1. The van der Waals surface area contributed by atoms with Gasteiger partial charge in [0.2, 0.25) is 0 Å². The molecule has 2 spiro atoms. The average Bonchev–Trinajstić information content (AvgIpc) is 3.19. The van der Waals surface area contributed by atoms with E-state index in [1.165, 1.54) is 0 Å².